The van der Waals surface area contributed by atoms with Crippen molar-refractivity contribution in [3.05, 3.63) is 22.8 Å². The van der Waals surface area contributed by atoms with Gasteiger partial charge in [0.25, 0.3) is 0 Å². The average molecular weight is 285 g/mol. The highest BCUT2D eigenvalue weighted by Gasteiger charge is 2.26. The summed E-state index contributed by atoms with van der Waals surface area (Å²) in [7, 11) is 0. The van der Waals surface area contributed by atoms with Crippen molar-refractivity contribution >= 4 is 21.7 Å². The minimum absolute atomic E-state index is 0.285. The smallest absolute Gasteiger partial charge is 0.143 e. The van der Waals surface area contributed by atoms with E-state index in [0.29, 0.717) is 6.04 Å². The first-order chi connectivity index (χ1) is 7.83. The molecule has 0 saturated carbocycles. The van der Waals surface area contributed by atoms with Gasteiger partial charge in [0.2, 0.25) is 0 Å². The number of hydrogen-bond donors (Lipinski definition) is 1. The van der Waals surface area contributed by atoms with Gasteiger partial charge in [-0.15, -0.1) is 0 Å². The minimum Gasteiger partial charge on any atom is -0.396 e. The van der Waals surface area contributed by atoms with E-state index in [9.17, 15) is 0 Å². The molecule has 0 aromatic carbocycles. The number of halogens is 1. The monoisotopic (exact) mass is 284 g/mol. The number of aromatic nitrogens is 1. The Morgan fingerprint density at radius 2 is 2.44 bits per heavy atom. The van der Waals surface area contributed by atoms with Gasteiger partial charge in [0.05, 0.1) is 4.47 Å². The Kier molecular flexibility index (Phi) is 4.18. The number of aliphatic hydroxyl groups is 1. The van der Waals surface area contributed by atoms with E-state index < -0.39 is 0 Å². The van der Waals surface area contributed by atoms with Crippen LogP contribution in [0.1, 0.15) is 25.7 Å². The van der Waals surface area contributed by atoms with Gasteiger partial charge in [-0.1, -0.05) is 0 Å². The third-order valence-corrected chi connectivity index (χ3v) is 3.70. The van der Waals surface area contributed by atoms with E-state index in [1.807, 2.05) is 18.3 Å². The Bertz CT molecular complexity index is 346. The second-order valence-corrected chi connectivity index (χ2v) is 5.02. The summed E-state index contributed by atoms with van der Waals surface area (Å²) in [6.45, 7) is 1.36. The van der Waals surface area contributed by atoms with Crippen LogP contribution in [0.3, 0.4) is 0 Å². The highest BCUT2D eigenvalue weighted by molar-refractivity contribution is 9.10. The SMILES string of the molecule is OCCCC1CCCN1c1ncccc1Br. The van der Waals surface area contributed by atoms with Crippen LogP contribution in [0.5, 0.6) is 0 Å². The zero-order valence-corrected chi connectivity index (χ0v) is 10.9. The molecule has 1 atom stereocenters. The van der Waals surface area contributed by atoms with E-state index in [2.05, 4.69) is 25.8 Å². The van der Waals surface area contributed by atoms with Crippen molar-refractivity contribution in [1.29, 1.82) is 0 Å². The molecule has 88 valence electrons. The number of anilines is 1. The van der Waals surface area contributed by atoms with Crippen LogP contribution >= 0.6 is 15.9 Å². The quantitative estimate of drug-likeness (QED) is 0.923. The summed E-state index contributed by atoms with van der Waals surface area (Å²) < 4.78 is 1.06. The summed E-state index contributed by atoms with van der Waals surface area (Å²) in [4.78, 5) is 6.80. The number of nitrogens with zero attached hydrogens (tertiary/aromatic N) is 2. The average Bonchev–Trinajstić information content (AvgIpc) is 2.75. The number of hydrogen-bond acceptors (Lipinski definition) is 3. The van der Waals surface area contributed by atoms with Crippen LogP contribution in [0.15, 0.2) is 22.8 Å². The lowest BCUT2D eigenvalue weighted by Gasteiger charge is -2.26. The molecule has 1 aliphatic rings. The fourth-order valence-corrected chi connectivity index (χ4v) is 2.81. The first-order valence-corrected chi connectivity index (χ1v) is 6.60. The topological polar surface area (TPSA) is 36.4 Å². The Morgan fingerprint density at radius 3 is 3.19 bits per heavy atom. The second kappa shape index (κ2) is 5.64. The van der Waals surface area contributed by atoms with Crippen molar-refractivity contribution in [1.82, 2.24) is 4.98 Å². The molecule has 1 fully saturated rings. The van der Waals surface area contributed by atoms with Crippen LogP contribution in [0.4, 0.5) is 5.82 Å². The maximum Gasteiger partial charge on any atom is 0.143 e. The molecule has 4 heteroatoms. The first-order valence-electron chi connectivity index (χ1n) is 5.81. The Morgan fingerprint density at radius 1 is 1.56 bits per heavy atom. The fraction of sp³-hybridized carbons (Fsp3) is 0.583. The third-order valence-electron chi connectivity index (χ3n) is 3.08. The highest BCUT2D eigenvalue weighted by atomic mass is 79.9. The van der Waals surface area contributed by atoms with Gasteiger partial charge in [0.1, 0.15) is 5.82 Å². The van der Waals surface area contributed by atoms with Gasteiger partial charge in [-0.25, -0.2) is 4.98 Å². The van der Waals surface area contributed by atoms with E-state index in [-0.39, 0.29) is 6.61 Å². The lowest BCUT2D eigenvalue weighted by Crippen LogP contribution is -2.30. The molecule has 1 unspecified atom stereocenters. The predicted octanol–water partition coefficient (Wildman–Crippen LogP) is 2.59. The van der Waals surface area contributed by atoms with Crippen LogP contribution in [-0.2, 0) is 0 Å². The molecule has 1 aromatic rings. The fourth-order valence-electron chi connectivity index (χ4n) is 2.33. The molecule has 1 aliphatic heterocycles. The van der Waals surface area contributed by atoms with Gasteiger partial charge in [-0.2, -0.15) is 0 Å². The van der Waals surface area contributed by atoms with Crippen LogP contribution in [0.25, 0.3) is 0 Å². The lowest BCUT2D eigenvalue weighted by molar-refractivity contribution is 0.279. The molecule has 1 saturated heterocycles. The molecule has 0 spiro atoms. The molecule has 0 amide bonds. The van der Waals surface area contributed by atoms with Crippen molar-refractivity contribution in [2.24, 2.45) is 0 Å². The van der Waals surface area contributed by atoms with Gasteiger partial charge in [0.15, 0.2) is 0 Å². The standard InChI is InChI=1S/C12H17BrN2O/c13-11-6-1-7-14-12(11)15-8-2-4-10(15)5-3-9-16/h1,6-7,10,16H,2-5,8-9H2. The van der Waals surface area contributed by atoms with Gasteiger partial charge < -0.3 is 10.0 Å². The van der Waals surface area contributed by atoms with Gasteiger partial charge in [-0.05, 0) is 53.7 Å². The molecule has 1 N–H and O–H groups in total. The van der Waals surface area contributed by atoms with E-state index in [4.69, 9.17) is 5.11 Å². The predicted molar refractivity (Wildman–Crippen MR) is 68.6 cm³/mol. The normalized spacial score (nSPS) is 20.4. The molecule has 2 rings (SSSR count). The first kappa shape index (κ1) is 11.9. The summed E-state index contributed by atoms with van der Waals surface area (Å²) in [6, 6.07) is 4.51. The summed E-state index contributed by atoms with van der Waals surface area (Å²) in [5, 5.41) is 8.89. The number of aliphatic hydroxyl groups excluding tert-OH is 1. The van der Waals surface area contributed by atoms with Crippen LogP contribution in [0, 0.1) is 0 Å². The summed E-state index contributed by atoms with van der Waals surface area (Å²) >= 11 is 3.55. The molecule has 16 heavy (non-hydrogen) atoms. The molecular weight excluding hydrogens is 268 g/mol. The molecule has 2 heterocycles. The van der Waals surface area contributed by atoms with Gasteiger partial charge in [0, 0.05) is 25.4 Å². The Hall–Kier alpha value is -0.610. The van der Waals surface area contributed by atoms with Gasteiger partial charge in [-0.3, -0.25) is 0 Å². The lowest BCUT2D eigenvalue weighted by atomic mass is 10.1. The molecule has 0 radical (unpaired) electrons. The minimum atomic E-state index is 0.285. The highest BCUT2D eigenvalue weighted by Crippen LogP contribution is 2.31. The Balaban J connectivity index is 2.10. The van der Waals surface area contributed by atoms with Crippen molar-refractivity contribution < 1.29 is 5.11 Å². The van der Waals surface area contributed by atoms with E-state index in [0.717, 1.165) is 29.7 Å². The van der Waals surface area contributed by atoms with Gasteiger partial charge >= 0.3 is 0 Å². The number of pyridine rings is 1. The van der Waals surface area contributed by atoms with Crippen molar-refractivity contribution in [3.8, 4) is 0 Å². The van der Waals surface area contributed by atoms with Crippen molar-refractivity contribution in [2.75, 3.05) is 18.1 Å². The third kappa shape index (κ3) is 2.55. The summed E-state index contributed by atoms with van der Waals surface area (Å²) in [5.41, 5.74) is 0. The second-order valence-electron chi connectivity index (χ2n) is 4.16. The molecule has 3 nitrogen and oxygen atoms in total. The van der Waals surface area contributed by atoms with Crippen LogP contribution < -0.4 is 4.90 Å². The zero-order chi connectivity index (χ0) is 11.4. The van der Waals surface area contributed by atoms with E-state index in [1.165, 1.54) is 12.8 Å². The van der Waals surface area contributed by atoms with E-state index >= 15 is 0 Å². The van der Waals surface area contributed by atoms with Crippen LogP contribution in [0.2, 0.25) is 0 Å². The zero-order valence-electron chi connectivity index (χ0n) is 9.27. The van der Waals surface area contributed by atoms with Crippen molar-refractivity contribution in [2.45, 2.75) is 31.7 Å². The Labute approximate surface area is 105 Å². The maximum absolute atomic E-state index is 8.89. The molecule has 1 aromatic heterocycles. The van der Waals surface area contributed by atoms with E-state index in [1.54, 1.807) is 0 Å². The number of rotatable bonds is 4. The molecular formula is C12H17BrN2O. The molecule has 0 bridgehead atoms. The summed E-state index contributed by atoms with van der Waals surface area (Å²) in [5.74, 6) is 1.04. The summed E-state index contributed by atoms with van der Waals surface area (Å²) in [6.07, 6.45) is 6.20. The van der Waals surface area contributed by atoms with Crippen molar-refractivity contribution in [3.63, 3.8) is 0 Å². The largest absolute Gasteiger partial charge is 0.396 e. The molecule has 0 aliphatic carbocycles. The maximum atomic E-state index is 8.89. The van der Waals surface area contributed by atoms with Crippen LogP contribution in [-0.4, -0.2) is 29.3 Å².